The van der Waals surface area contributed by atoms with Gasteiger partial charge in [0.05, 0.1) is 10.8 Å². The van der Waals surface area contributed by atoms with Gasteiger partial charge >= 0.3 is 5.97 Å². The second kappa shape index (κ2) is 6.14. The summed E-state index contributed by atoms with van der Waals surface area (Å²) in [7, 11) is 0. The van der Waals surface area contributed by atoms with Crippen LogP contribution in [0.5, 0.6) is 0 Å². The maximum Gasteiger partial charge on any atom is 0.317 e. The molecule has 0 bridgehead atoms. The average molecular weight is 286 g/mol. The first-order valence-electron chi connectivity index (χ1n) is 5.10. The fraction of sp³-hybridized carbons (Fsp3) is 0.300. The fourth-order valence-electron chi connectivity index (χ4n) is 1.59. The molecule has 0 radical (unpaired) electrons. The van der Waals surface area contributed by atoms with Crippen LogP contribution in [0.2, 0.25) is 0 Å². The Balaban J connectivity index is 3.16. The van der Waals surface area contributed by atoms with Gasteiger partial charge in [-0.1, -0.05) is 12.1 Å². The molecule has 0 aromatic heterocycles. The third-order valence-corrected chi connectivity index (χ3v) is 3.07. The summed E-state index contributed by atoms with van der Waals surface area (Å²) in [5.41, 5.74) is -0.0509. The van der Waals surface area contributed by atoms with Crippen LogP contribution in [0.15, 0.2) is 24.3 Å². The molecule has 19 heavy (non-hydrogen) atoms. The minimum absolute atomic E-state index is 0.202. The number of carboxylic acids is 1. The summed E-state index contributed by atoms with van der Waals surface area (Å²) < 4.78 is 0. The first-order valence-corrected chi connectivity index (χ1v) is 5.61. The van der Waals surface area contributed by atoms with Crippen LogP contribution in [0.1, 0.15) is 11.5 Å². The van der Waals surface area contributed by atoms with Gasteiger partial charge in [-0.05, 0) is 5.56 Å². The summed E-state index contributed by atoms with van der Waals surface area (Å²) >= 11 is 3.82. The van der Waals surface area contributed by atoms with E-state index in [9.17, 15) is 25.0 Å². The van der Waals surface area contributed by atoms with Gasteiger partial charge in [0.1, 0.15) is 5.25 Å². The van der Waals surface area contributed by atoms with Gasteiger partial charge in [0.2, 0.25) is 6.54 Å². The molecule has 0 aliphatic heterocycles. The molecule has 0 fully saturated rings. The fourth-order valence-corrected chi connectivity index (χ4v) is 1.86. The quantitative estimate of drug-likeness (QED) is 0.462. The van der Waals surface area contributed by atoms with Crippen molar-refractivity contribution in [1.29, 1.82) is 0 Å². The van der Waals surface area contributed by atoms with Crippen LogP contribution in [0.3, 0.4) is 0 Å². The van der Waals surface area contributed by atoms with Crippen molar-refractivity contribution < 1.29 is 19.7 Å². The van der Waals surface area contributed by atoms with Crippen LogP contribution in [0.4, 0.5) is 5.69 Å². The van der Waals surface area contributed by atoms with Gasteiger partial charge in [0, 0.05) is 17.1 Å². The molecule has 0 heterocycles. The number of benzene rings is 1. The highest BCUT2D eigenvalue weighted by Crippen LogP contribution is 2.27. The zero-order chi connectivity index (χ0) is 14.6. The average Bonchev–Trinajstić information content (AvgIpc) is 2.34. The van der Waals surface area contributed by atoms with Crippen molar-refractivity contribution >= 4 is 24.3 Å². The van der Waals surface area contributed by atoms with Gasteiger partial charge in [-0.25, -0.2) is 0 Å². The van der Waals surface area contributed by atoms with E-state index in [1.165, 1.54) is 18.2 Å². The van der Waals surface area contributed by atoms with Crippen LogP contribution < -0.4 is 0 Å². The van der Waals surface area contributed by atoms with Crippen molar-refractivity contribution in [3.63, 3.8) is 0 Å². The number of carbonyl (C=O) groups is 1. The minimum Gasteiger partial charge on any atom is -0.480 e. The summed E-state index contributed by atoms with van der Waals surface area (Å²) in [6.45, 7) is -0.665. The number of aliphatic carboxylic acids is 1. The lowest BCUT2D eigenvalue weighted by Crippen LogP contribution is -2.28. The monoisotopic (exact) mass is 286 g/mol. The molecule has 0 amide bonds. The lowest BCUT2D eigenvalue weighted by Gasteiger charge is -2.16. The van der Waals surface area contributed by atoms with E-state index in [-0.39, 0.29) is 11.3 Å². The Morgan fingerprint density at radius 3 is 2.47 bits per heavy atom. The molecule has 1 rings (SSSR count). The largest absolute Gasteiger partial charge is 0.480 e. The van der Waals surface area contributed by atoms with E-state index < -0.39 is 33.5 Å². The molecule has 1 aromatic carbocycles. The van der Waals surface area contributed by atoms with Crippen molar-refractivity contribution in [1.82, 2.24) is 0 Å². The topological polar surface area (TPSA) is 124 Å². The highest BCUT2D eigenvalue weighted by molar-refractivity contribution is 7.81. The predicted octanol–water partition coefficient (Wildman–Crippen LogP) is 1.34. The highest BCUT2D eigenvalue weighted by atomic mass is 32.1. The standard InChI is InChI=1S/C10H10N2O6S/c13-10(14)9(19)8(5-11(15)16)6-2-1-3-7(4-6)12(17)18/h1-4,8-9,19H,5H2,(H,13,14)/t8-,9+/m1/s1. The third-order valence-electron chi connectivity index (χ3n) is 2.49. The maximum absolute atomic E-state index is 10.9. The number of rotatable bonds is 6. The molecule has 0 unspecified atom stereocenters. The van der Waals surface area contributed by atoms with Gasteiger partial charge in [-0.3, -0.25) is 25.0 Å². The maximum atomic E-state index is 10.9. The summed E-state index contributed by atoms with van der Waals surface area (Å²) in [4.78, 5) is 30.8. The number of hydrogen-bond acceptors (Lipinski definition) is 6. The number of nitro benzene ring substituents is 1. The highest BCUT2D eigenvalue weighted by Gasteiger charge is 2.31. The lowest BCUT2D eigenvalue weighted by atomic mass is 9.95. The number of nitro groups is 2. The third kappa shape index (κ3) is 3.91. The Hall–Kier alpha value is -2.16. The zero-order valence-corrected chi connectivity index (χ0v) is 10.4. The molecule has 102 valence electrons. The van der Waals surface area contributed by atoms with Crippen LogP contribution in [0, 0.1) is 20.2 Å². The van der Waals surface area contributed by atoms with Crippen molar-refractivity contribution in [3.05, 3.63) is 50.1 Å². The van der Waals surface area contributed by atoms with Crippen molar-refractivity contribution in [2.45, 2.75) is 11.2 Å². The predicted molar refractivity (Wildman–Crippen MR) is 68.1 cm³/mol. The van der Waals surface area contributed by atoms with E-state index in [1.54, 1.807) is 0 Å². The van der Waals surface area contributed by atoms with E-state index in [4.69, 9.17) is 5.11 Å². The summed E-state index contributed by atoms with van der Waals surface area (Å²) in [5, 5.41) is 28.8. The number of hydrogen-bond donors (Lipinski definition) is 2. The van der Waals surface area contributed by atoms with E-state index in [0.29, 0.717) is 0 Å². The Morgan fingerprint density at radius 2 is 2.00 bits per heavy atom. The molecular formula is C10H10N2O6S. The normalized spacial score (nSPS) is 13.5. The number of non-ortho nitro benzene ring substituents is 1. The van der Waals surface area contributed by atoms with E-state index >= 15 is 0 Å². The molecule has 0 aliphatic rings. The first-order chi connectivity index (χ1) is 8.82. The van der Waals surface area contributed by atoms with Gasteiger partial charge in [0.25, 0.3) is 5.69 Å². The van der Waals surface area contributed by atoms with Gasteiger partial charge in [-0.15, -0.1) is 0 Å². The second-order valence-corrected chi connectivity index (χ2v) is 4.31. The molecule has 1 aromatic rings. The number of carboxylic acid groups (broad SMARTS) is 1. The number of nitrogens with zero attached hydrogens (tertiary/aromatic N) is 2. The second-order valence-electron chi connectivity index (χ2n) is 3.76. The smallest absolute Gasteiger partial charge is 0.317 e. The summed E-state index contributed by atoms with van der Waals surface area (Å²) in [5.74, 6) is -2.36. The molecule has 0 saturated carbocycles. The van der Waals surface area contributed by atoms with E-state index in [0.717, 1.165) is 6.07 Å². The number of thiol groups is 1. The van der Waals surface area contributed by atoms with Gasteiger partial charge < -0.3 is 5.11 Å². The van der Waals surface area contributed by atoms with E-state index in [1.807, 2.05) is 0 Å². The molecule has 0 saturated heterocycles. The SMILES string of the molecule is O=C(O)[C@@H](S)[C@H](C[N+](=O)[O-])c1cccc([N+](=O)[O-])c1. The van der Waals surface area contributed by atoms with Gasteiger partial charge in [0.15, 0.2) is 0 Å². The zero-order valence-electron chi connectivity index (χ0n) is 9.50. The van der Waals surface area contributed by atoms with Crippen molar-refractivity contribution in [2.75, 3.05) is 6.54 Å². The summed E-state index contributed by atoms with van der Waals surface area (Å²) in [6, 6.07) is 5.11. The van der Waals surface area contributed by atoms with Crippen LogP contribution in [0.25, 0.3) is 0 Å². The van der Waals surface area contributed by atoms with Crippen molar-refractivity contribution in [3.8, 4) is 0 Å². The Bertz CT molecular complexity index is 520. The summed E-state index contributed by atoms with van der Waals surface area (Å²) in [6.07, 6.45) is 0. The van der Waals surface area contributed by atoms with Crippen LogP contribution >= 0.6 is 12.6 Å². The van der Waals surface area contributed by atoms with Crippen molar-refractivity contribution in [2.24, 2.45) is 0 Å². The van der Waals surface area contributed by atoms with E-state index in [2.05, 4.69) is 12.6 Å². The molecule has 9 heteroatoms. The minimum atomic E-state index is -1.32. The van der Waals surface area contributed by atoms with Gasteiger partial charge in [-0.2, -0.15) is 12.6 Å². The Kier molecular flexibility index (Phi) is 4.81. The van der Waals surface area contributed by atoms with Crippen LogP contribution in [-0.4, -0.2) is 32.7 Å². The molecule has 0 aliphatic carbocycles. The van der Waals surface area contributed by atoms with Crippen LogP contribution in [-0.2, 0) is 4.79 Å². The molecule has 1 N–H and O–H groups in total. The first kappa shape index (κ1) is 14.9. The Morgan fingerprint density at radius 1 is 1.37 bits per heavy atom. The molecule has 0 spiro atoms. The Labute approximate surface area is 112 Å². The lowest BCUT2D eigenvalue weighted by molar-refractivity contribution is -0.483. The molecule has 8 nitrogen and oxygen atoms in total. The molecular weight excluding hydrogens is 276 g/mol. The molecule has 2 atom stereocenters.